The minimum absolute atomic E-state index is 0.291. The standard InChI is InChI=1S/C19H24N2O2/c1-3-23-19(22)16-13-20-21(17-12-8-7-9-14(17)2)18(16)15-10-5-4-6-11-15/h4-6,10-11,13-14,17H,3,7-9,12H2,1-2H3. The lowest BCUT2D eigenvalue weighted by Gasteiger charge is -2.30. The van der Waals surface area contributed by atoms with Gasteiger partial charge in [-0.3, -0.25) is 4.68 Å². The molecule has 1 saturated carbocycles. The smallest absolute Gasteiger partial charge is 0.341 e. The molecule has 0 bridgehead atoms. The highest BCUT2D eigenvalue weighted by Gasteiger charge is 2.29. The van der Waals surface area contributed by atoms with Crippen molar-refractivity contribution in [3.05, 3.63) is 42.1 Å². The van der Waals surface area contributed by atoms with Crippen LogP contribution in [0.5, 0.6) is 0 Å². The predicted octanol–water partition coefficient (Wildman–Crippen LogP) is 4.48. The number of carbonyl (C=O) groups excluding carboxylic acids is 1. The van der Waals surface area contributed by atoms with Crippen molar-refractivity contribution >= 4 is 5.97 Å². The zero-order chi connectivity index (χ0) is 16.2. The number of hydrogen-bond donors (Lipinski definition) is 0. The Balaban J connectivity index is 2.07. The van der Waals surface area contributed by atoms with Gasteiger partial charge in [0.2, 0.25) is 0 Å². The van der Waals surface area contributed by atoms with E-state index in [1.165, 1.54) is 19.3 Å². The number of aromatic nitrogens is 2. The number of esters is 1. The molecule has 2 atom stereocenters. The van der Waals surface area contributed by atoms with Crippen molar-refractivity contribution in [2.75, 3.05) is 6.61 Å². The normalized spacial score (nSPS) is 21.1. The molecule has 0 N–H and O–H groups in total. The third-order valence-electron chi connectivity index (χ3n) is 4.72. The summed E-state index contributed by atoms with van der Waals surface area (Å²) in [5.41, 5.74) is 2.48. The number of rotatable bonds is 4. The number of hydrogen-bond acceptors (Lipinski definition) is 3. The van der Waals surface area contributed by atoms with Crippen molar-refractivity contribution in [3.63, 3.8) is 0 Å². The second-order valence-electron chi connectivity index (χ2n) is 6.27. The van der Waals surface area contributed by atoms with Gasteiger partial charge in [0.1, 0.15) is 5.56 Å². The Kier molecular flexibility index (Phi) is 4.79. The minimum Gasteiger partial charge on any atom is -0.462 e. The molecular formula is C19H24N2O2. The van der Waals surface area contributed by atoms with Gasteiger partial charge in [0.15, 0.2) is 0 Å². The molecule has 0 radical (unpaired) electrons. The van der Waals surface area contributed by atoms with Crippen LogP contribution in [0.25, 0.3) is 11.3 Å². The quantitative estimate of drug-likeness (QED) is 0.782. The Bertz CT molecular complexity index is 663. The number of carbonyl (C=O) groups is 1. The Morgan fingerprint density at radius 3 is 2.70 bits per heavy atom. The van der Waals surface area contributed by atoms with Crippen LogP contribution in [0, 0.1) is 5.92 Å². The predicted molar refractivity (Wildman–Crippen MR) is 90.3 cm³/mol. The Morgan fingerprint density at radius 1 is 1.26 bits per heavy atom. The molecule has 1 aromatic heterocycles. The van der Waals surface area contributed by atoms with Gasteiger partial charge in [-0.25, -0.2) is 4.79 Å². The summed E-state index contributed by atoms with van der Waals surface area (Å²) in [5, 5.41) is 4.59. The lowest BCUT2D eigenvalue weighted by molar-refractivity contribution is 0.0527. The molecule has 4 heteroatoms. The molecule has 3 rings (SSSR count). The van der Waals surface area contributed by atoms with Crippen LogP contribution in [-0.4, -0.2) is 22.4 Å². The van der Waals surface area contributed by atoms with Crippen molar-refractivity contribution < 1.29 is 9.53 Å². The maximum Gasteiger partial charge on any atom is 0.341 e. The first-order chi connectivity index (χ1) is 11.2. The van der Waals surface area contributed by atoms with Crippen LogP contribution in [0.15, 0.2) is 36.5 Å². The fourth-order valence-corrected chi connectivity index (χ4v) is 3.52. The summed E-state index contributed by atoms with van der Waals surface area (Å²) in [5.74, 6) is 0.280. The fraction of sp³-hybridized carbons (Fsp3) is 0.474. The Hall–Kier alpha value is -2.10. The summed E-state index contributed by atoms with van der Waals surface area (Å²) < 4.78 is 7.29. The summed E-state index contributed by atoms with van der Waals surface area (Å²) >= 11 is 0. The molecule has 1 aliphatic carbocycles. The summed E-state index contributed by atoms with van der Waals surface area (Å²) in [4.78, 5) is 12.3. The van der Waals surface area contributed by atoms with Crippen molar-refractivity contribution in [2.24, 2.45) is 5.92 Å². The molecule has 4 nitrogen and oxygen atoms in total. The average Bonchev–Trinajstić information content (AvgIpc) is 3.01. The first-order valence-corrected chi connectivity index (χ1v) is 8.52. The van der Waals surface area contributed by atoms with Gasteiger partial charge in [0.25, 0.3) is 0 Å². The van der Waals surface area contributed by atoms with Crippen LogP contribution in [0.2, 0.25) is 0 Å². The van der Waals surface area contributed by atoms with Crippen LogP contribution in [0.3, 0.4) is 0 Å². The molecule has 0 spiro atoms. The van der Waals surface area contributed by atoms with E-state index in [9.17, 15) is 4.79 Å². The molecule has 2 aromatic rings. The summed E-state index contributed by atoms with van der Waals surface area (Å²) in [7, 11) is 0. The molecule has 2 unspecified atom stereocenters. The van der Waals surface area contributed by atoms with Gasteiger partial charge in [0, 0.05) is 5.56 Å². The van der Waals surface area contributed by atoms with Gasteiger partial charge in [-0.1, -0.05) is 50.1 Å². The molecule has 1 aromatic carbocycles. The lowest BCUT2D eigenvalue weighted by atomic mass is 9.85. The second-order valence-corrected chi connectivity index (χ2v) is 6.27. The SMILES string of the molecule is CCOC(=O)c1cnn(C2CCCCC2C)c1-c1ccccc1. The van der Waals surface area contributed by atoms with Crippen molar-refractivity contribution in [1.82, 2.24) is 9.78 Å². The third kappa shape index (κ3) is 3.16. The molecule has 23 heavy (non-hydrogen) atoms. The largest absolute Gasteiger partial charge is 0.462 e. The number of nitrogens with zero attached hydrogens (tertiary/aromatic N) is 2. The minimum atomic E-state index is -0.291. The Labute approximate surface area is 137 Å². The fourth-order valence-electron chi connectivity index (χ4n) is 3.52. The average molecular weight is 312 g/mol. The second kappa shape index (κ2) is 6.99. The highest BCUT2D eigenvalue weighted by molar-refractivity contribution is 5.96. The first kappa shape index (κ1) is 15.8. The molecular weight excluding hydrogens is 288 g/mol. The Morgan fingerprint density at radius 2 is 2.00 bits per heavy atom. The van der Waals surface area contributed by atoms with E-state index in [2.05, 4.69) is 16.7 Å². The van der Waals surface area contributed by atoms with Crippen molar-refractivity contribution in [3.8, 4) is 11.3 Å². The van der Waals surface area contributed by atoms with E-state index >= 15 is 0 Å². The van der Waals surface area contributed by atoms with Gasteiger partial charge in [0.05, 0.1) is 24.5 Å². The molecule has 0 amide bonds. The first-order valence-electron chi connectivity index (χ1n) is 8.52. The molecule has 1 heterocycles. The van der Waals surface area contributed by atoms with E-state index in [0.717, 1.165) is 17.7 Å². The summed E-state index contributed by atoms with van der Waals surface area (Å²) in [6.07, 6.45) is 6.50. The number of benzene rings is 1. The topological polar surface area (TPSA) is 44.1 Å². The van der Waals surface area contributed by atoms with E-state index in [-0.39, 0.29) is 5.97 Å². The molecule has 0 saturated heterocycles. The summed E-state index contributed by atoms with van der Waals surface area (Å²) in [6, 6.07) is 10.4. The van der Waals surface area contributed by atoms with E-state index in [1.54, 1.807) is 6.20 Å². The van der Waals surface area contributed by atoms with Crippen LogP contribution >= 0.6 is 0 Å². The molecule has 1 fully saturated rings. The van der Waals surface area contributed by atoms with Gasteiger partial charge >= 0.3 is 5.97 Å². The highest BCUT2D eigenvalue weighted by Crippen LogP contribution is 2.37. The molecule has 1 aliphatic rings. The number of ether oxygens (including phenoxy) is 1. The maximum absolute atomic E-state index is 12.3. The lowest BCUT2D eigenvalue weighted by Crippen LogP contribution is -2.23. The highest BCUT2D eigenvalue weighted by atomic mass is 16.5. The van der Waals surface area contributed by atoms with Crippen LogP contribution in [-0.2, 0) is 4.74 Å². The third-order valence-corrected chi connectivity index (χ3v) is 4.72. The van der Waals surface area contributed by atoms with E-state index < -0.39 is 0 Å². The van der Waals surface area contributed by atoms with E-state index in [0.29, 0.717) is 24.1 Å². The monoisotopic (exact) mass is 312 g/mol. The van der Waals surface area contributed by atoms with Crippen molar-refractivity contribution in [2.45, 2.75) is 45.6 Å². The van der Waals surface area contributed by atoms with Gasteiger partial charge in [-0.2, -0.15) is 5.10 Å². The van der Waals surface area contributed by atoms with Crippen LogP contribution in [0.1, 0.15) is 55.9 Å². The van der Waals surface area contributed by atoms with Crippen molar-refractivity contribution in [1.29, 1.82) is 0 Å². The maximum atomic E-state index is 12.3. The zero-order valence-electron chi connectivity index (χ0n) is 13.9. The molecule has 122 valence electrons. The van der Waals surface area contributed by atoms with Crippen LogP contribution in [0.4, 0.5) is 0 Å². The molecule has 0 aliphatic heterocycles. The van der Waals surface area contributed by atoms with Gasteiger partial charge in [-0.15, -0.1) is 0 Å². The van der Waals surface area contributed by atoms with Gasteiger partial charge < -0.3 is 4.74 Å². The summed E-state index contributed by atoms with van der Waals surface area (Å²) in [6.45, 7) is 4.48. The van der Waals surface area contributed by atoms with Gasteiger partial charge in [-0.05, 0) is 25.7 Å². The van der Waals surface area contributed by atoms with E-state index in [4.69, 9.17) is 4.74 Å². The van der Waals surface area contributed by atoms with Crippen LogP contribution < -0.4 is 0 Å². The zero-order valence-corrected chi connectivity index (χ0v) is 13.9. The van der Waals surface area contributed by atoms with E-state index in [1.807, 2.05) is 37.3 Å².